The molecule has 2 nitrogen and oxygen atoms in total. The van der Waals surface area contributed by atoms with Crippen molar-refractivity contribution < 1.29 is 0 Å². The second-order valence-corrected chi connectivity index (χ2v) is 17.5. The van der Waals surface area contributed by atoms with Crippen LogP contribution in [-0.2, 0) is 5.41 Å². The van der Waals surface area contributed by atoms with Gasteiger partial charge in [-0.05, 0) is 123 Å². The van der Waals surface area contributed by atoms with Crippen LogP contribution in [0.1, 0.15) is 22.3 Å². The molecule has 62 heavy (non-hydrogen) atoms. The van der Waals surface area contributed by atoms with Crippen LogP contribution in [0, 0.1) is 0 Å². The Bertz CT molecular complexity index is 3660. The Hall–Kier alpha value is -7.72. The summed E-state index contributed by atoms with van der Waals surface area (Å²) in [5.74, 6) is 0. The van der Waals surface area contributed by atoms with Crippen molar-refractivity contribution in [2.75, 3.05) is 4.90 Å². The number of para-hydroxylation sites is 2. The molecular weight excluding hydrogens is 769 g/mol. The first-order valence-electron chi connectivity index (χ1n) is 21.3. The quantitative estimate of drug-likeness (QED) is 0.162. The van der Waals surface area contributed by atoms with Crippen LogP contribution in [0.25, 0.3) is 69.6 Å². The summed E-state index contributed by atoms with van der Waals surface area (Å²) in [5.41, 5.74) is 13.9. The second kappa shape index (κ2) is 13.7. The molecule has 10 aromatic carbocycles. The summed E-state index contributed by atoms with van der Waals surface area (Å²) in [7, 11) is 0. The van der Waals surface area contributed by atoms with E-state index in [4.69, 9.17) is 0 Å². The number of aromatic nitrogens is 1. The predicted molar refractivity (Wildman–Crippen MR) is 263 cm³/mol. The first-order chi connectivity index (χ1) is 30.7. The van der Waals surface area contributed by atoms with Gasteiger partial charge in [-0.1, -0.05) is 152 Å². The van der Waals surface area contributed by atoms with Gasteiger partial charge >= 0.3 is 0 Å². The number of thiophene rings is 1. The Balaban J connectivity index is 1.12. The summed E-state index contributed by atoms with van der Waals surface area (Å²) >= 11 is 1.86. The third kappa shape index (κ3) is 5.09. The molecule has 12 aromatic rings. The van der Waals surface area contributed by atoms with Crippen molar-refractivity contribution in [1.82, 2.24) is 4.57 Å². The first-order valence-corrected chi connectivity index (χ1v) is 22.1. The molecule has 13 rings (SSSR count). The first kappa shape index (κ1) is 35.1. The van der Waals surface area contributed by atoms with E-state index in [2.05, 4.69) is 240 Å². The van der Waals surface area contributed by atoms with Gasteiger partial charge < -0.3 is 9.47 Å². The zero-order valence-electron chi connectivity index (χ0n) is 33.7. The molecule has 0 amide bonds. The third-order valence-corrected chi connectivity index (χ3v) is 14.4. The number of anilines is 3. The lowest BCUT2D eigenvalue weighted by Gasteiger charge is -2.35. The zero-order valence-corrected chi connectivity index (χ0v) is 34.6. The van der Waals surface area contributed by atoms with E-state index in [0.717, 1.165) is 22.7 Å². The Morgan fingerprint density at radius 3 is 1.68 bits per heavy atom. The van der Waals surface area contributed by atoms with Gasteiger partial charge in [-0.3, -0.25) is 0 Å². The van der Waals surface area contributed by atoms with Crippen molar-refractivity contribution in [2.45, 2.75) is 5.41 Å². The largest absolute Gasteiger partial charge is 0.310 e. The fraction of sp³-hybridized carbons (Fsp3) is 0.0169. The van der Waals surface area contributed by atoms with Crippen molar-refractivity contribution in [2.24, 2.45) is 0 Å². The topological polar surface area (TPSA) is 8.17 Å². The van der Waals surface area contributed by atoms with E-state index in [9.17, 15) is 0 Å². The van der Waals surface area contributed by atoms with E-state index < -0.39 is 5.41 Å². The molecule has 3 heteroatoms. The van der Waals surface area contributed by atoms with Gasteiger partial charge in [-0.25, -0.2) is 0 Å². The number of hydrogen-bond donors (Lipinski definition) is 0. The maximum Gasteiger partial charge on any atom is 0.0714 e. The predicted octanol–water partition coefficient (Wildman–Crippen LogP) is 16.1. The molecule has 1 aliphatic rings. The van der Waals surface area contributed by atoms with Crippen LogP contribution in [0.15, 0.2) is 231 Å². The Morgan fingerprint density at radius 2 is 0.903 bits per heavy atom. The van der Waals surface area contributed by atoms with Gasteiger partial charge in [0.05, 0.1) is 16.4 Å². The van der Waals surface area contributed by atoms with Crippen molar-refractivity contribution in [3.05, 3.63) is 253 Å². The zero-order chi connectivity index (χ0) is 40.8. The van der Waals surface area contributed by atoms with E-state index >= 15 is 0 Å². The standard InChI is InChI=1S/C59H38N2S/c1-4-18-41(19-5-1)59(42-20-6-2-7-21-42)53-35-40-17-11-10-16-39(40)34-51(53)47-31-28-45(37-54(47)59)60(44-30-33-58-52(36-44)50-25-13-15-27-57(50)62-58)46-29-32-49-48-24-12-14-26-55(48)61(56(49)38-46)43-22-8-3-9-23-43/h1-38H. The van der Waals surface area contributed by atoms with E-state index in [-0.39, 0.29) is 0 Å². The van der Waals surface area contributed by atoms with Crippen LogP contribution in [0.2, 0.25) is 0 Å². The van der Waals surface area contributed by atoms with E-state index in [1.807, 2.05) is 11.3 Å². The molecule has 0 radical (unpaired) electrons. The van der Waals surface area contributed by atoms with Crippen LogP contribution in [0.3, 0.4) is 0 Å². The molecule has 0 spiro atoms. The summed E-state index contributed by atoms with van der Waals surface area (Å²) in [4.78, 5) is 2.48. The van der Waals surface area contributed by atoms with E-state index in [1.165, 1.54) is 86.1 Å². The number of hydrogen-bond acceptors (Lipinski definition) is 2. The number of fused-ring (bicyclic) bond motifs is 10. The average Bonchev–Trinajstić information content (AvgIpc) is 3.97. The van der Waals surface area contributed by atoms with Gasteiger partial charge in [0.1, 0.15) is 0 Å². The van der Waals surface area contributed by atoms with Crippen molar-refractivity contribution in [3.8, 4) is 16.8 Å². The lowest BCUT2D eigenvalue weighted by molar-refractivity contribution is 0.769. The van der Waals surface area contributed by atoms with Crippen molar-refractivity contribution >= 4 is 81.1 Å². The molecule has 0 aliphatic heterocycles. The summed E-state index contributed by atoms with van der Waals surface area (Å²) in [6.07, 6.45) is 0. The molecule has 0 unspecified atom stereocenters. The smallest absolute Gasteiger partial charge is 0.0714 e. The normalized spacial score (nSPS) is 13.0. The second-order valence-electron chi connectivity index (χ2n) is 16.5. The number of nitrogens with zero attached hydrogens (tertiary/aromatic N) is 2. The number of rotatable bonds is 6. The highest BCUT2D eigenvalue weighted by molar-refractivity contribution is 7.25. The summed E-state index contributed by atoms with van der Waals surface area (Å²) < 4.78 is 5.01. The molecule has 0 N–H and O–H groups in total. The van der Waals surface area contributed by atoms with Crippen LogP contribution < -0.4 is 4.90 Å². The van der Waals surface area contributed by atoms with E-state index in [0.29, 0.717) is 0 Å². The minimum Gasteiger partial charge on any atom is -0.310 e. The fourth-order valence-electron chi connectivity index (χ4n) is 10.6. The van der Waals surface area contributed by atoms with Crippen LogP contribution >= 0.6 is 11.3 Å². The van der Waals surface area contributed by atoms with Crippen LogP contribution in [-0.4, -0.2) is 4.57 Å². The van der Waals surface area contributed by atoms with E-state index in [1.54, 1.807) is 0 Å². The maximum atomic E-state index is 2.49. The van der Waals surface area contributed by atoms with Gasteiger partial charge in [0.15, 0.2) is 0 Å². The minimum atomic E-state index is -0.559. The molecule has 0 saturated heterocycles. The minimum absolute atomic E-state index is 0.559. The summed E-state index contributed by atoms with van der Waals surface area (Å²) in [6.45, 7) is 0. The highest BCUT2D eigenvalue weighted by Gasteiger charge is 2.46. The monoisotopic (exact) mass is 806 g/mol. The van der Waals surface area contributed by atoms with Crippen molar-refractivity contribution in [1.29, 1.82) is 0 Å². The molecule has 2 aromatic heterocycles. The Kier molecular flexibility index (Phi) is 7.72. The molecule has 0 saturated carbocycles. The van der Waals surface area contributed by atoms with Gasteiger partial charge in [-0.15, -0.1) is 11.3 Å². The van der Waals surface area contributed by atoms with Gasteiger partial charge in [0.2, 0.25) is 0 Å². The lowest BCUT2D eigenvalue weighted by Crippen LogP contribution is -2.28. The number of benzene rings is 10. The molecule has 1 aliphatic carbocycles. The molecule has 0 bridgehead atoms. The highest BCUT2D eigenvalue weighted by Crippen LogP contribution is 2.58. The van der Waals surface area contributed by atoms with Crippen LogP contribution in [0.5, 0.6) is 0 Å². The lowest BCUT2D eigenvalue weighted by atomic mass is 9.67. The third-order valence-electron chi connectivity index (χ3n) is 13.2. The molecule has 290 valence electrons. The van der Waals surface area contributed by atoms with Gasteiger partial charge in [-0.2, -0.15) is 0 Å². The SMILES string of the molecule is c1ccc(-n2c3ccccc3c3ccc(N(c4ccc5c(c4)C(c4ccccc4)(c4ccccc4)c4cc6ccccc6cc4-5)c4ccc5sc6ccccc6c5c4)cc32)cc1. The molecular formula is C59H38N2S. The Labute approximate surface area is 363 Å². The molecule has 0 atom stereocenters. The molecule has 0 fully saturated rings. The average molecular weight is 807 g/mol. The maximum absolute atomic E-state index is 2.49. The summed E-state index contributed by atoms with van der Waals surface area (Å²) in [6, 6.07) is 85.6. The van der Waals surface area contributed by atoms with Gasteiger partial charge in [0, 0.05) is 53.7 Å². The highest BCUT2D eigenvalue weighted by atomic mass is 32.1. The fourth-order valence-corrected chi connectivity index (χ4v) is 11.6. The summed E-state index contributed by atoms with van der Waals surface area (Å²) in [5, 5.41) is 7.53. The molecule has 2 heterocycles. The van der Waals surface area contributed by atoms with Gasteiger partial charge in [0.25, 0.3) is 0 Å². The Morgan fingerprint density at radius 1 is 0.355 bits per heavy atom. The van der Waals surface area contributed by atoms with Crippen LogP contribution in [0.4, 0.5) is 17.1 Å². The van der Waals surface area contributed by atoms with Crippen molar-refractivity contribution in [3.63, 3.8) is 0 Å².